The monoisotopic (exact) mass is 2710 g/mol. The maximum absolute atomic E-state index is 7.18. The summed E-state index contributed by atoms with van der Waals surface area (Å²) in [5.74, 6) is 5.54. The molecule has 9 atom stereocenters. The van der Waals surface area contributed by atoms with Crippen LogP contribution in [-0.2, 0) is 4.74 Å². The summed E-state index contributed by atoms with van der Waals surface area (Å²) < 4.78 is 60.0. The normalized spacial score (nSPS) is 13.1. The van der Waals surface area contributed by atoms with Crippen molar-refractivity contribution in [3.05, 3.63) is 72.5 Å². The summed E-state index contributed by atoms with van der Waals surface area (Å²) in [6, 6.07) is 16.0. The maximum atomic E-state index is 7.18. The van der Waals surface area contributed by atoms with E-state index in [-0.39, 0.29) is 45.4 Å². The van der Waals surface area contributed by atoms with Crippen LogP contribution in [0.3, 0.4) is 0 Å². The van der Waals surface area contributed by atoms with Crippen LogP contribution in [0.2, 0.25) is 26.6 Å². The predicted molar refractivity (Wildman–Crippen MR) is 731 cm³/mol. The number of allylic oxidation sites excluding steroid dienone is 1. The molecule has 1 aliphatic heterocycles. The van der Waals surface area contributed by atoms with Crippen LogP contribution in [0.5, 0.6) is 17.2 Å². The Morgan fingerprint density at radius 3 is 0.838 bits per heavy atom. The number of rotatable bonds is 91. The van der Waals surface area contributed by atoms with Gasteiger partial charge in [0.25, 0.3) is 0 Å². The van der Waals surface area contributed by atoms with Crippen molar-refractivity contribution < 1.29 is 18.9 Å². The van der Waals surface area contributed by atoms with Gasteiger partial charge >= 0.3 is 356 Å². The third kappa shape index (κ3) is 59.8. The second-order valence-corrected chi connectivity index (χ2v) is 124. The van der Waals surface area contributed by atoms with Gasteiger partial charge in [-0.2, -0.15) is 17.5 Å². The summed E-state index contributed by atoms with van der Waals surface area (Å²) in [6.45, 7) is 32.2. The van der Waals surface area contributed by atoms with Crippen molar-refractivity contribution in [2.24, 2.45) is 0 Å². The molecule has 0 amide bonds. The van der Waals surface area contributed by atoms with E-state index in [1.54, 1.807) is 0 Å². The summed E-state index contributed by atoms with van der Waals surface area (Å²) in [6.07, 6.45) is 94.0. The van der Waals surface area contributed by atoms with E-state index in [1.165, 1.54) is 521 Å². The van der Waals surface area contributed by atoms with Crippen molar-refractivity contribution in [3.8, 4) is 27.0 Å². The van der Waals surface area contributed by atoms with Crippen molar-refractivity contribution in [1.82, 2.24) is 17.5 Å². The summed E-state index contributed by atoms with van der Waals surface area (Å²) in [5, 5.41) is 2.40. The van der Waals surface area contributed by atoms with Gasteiger partial charge in [0.1, 0.15) is 33.6 Å². The van der Waals surface area contributed by atoms with Crippen LogP contribution in [0.25, 0.3) is 37.4 Å². The molecule has 30 heteroatoms. The molecule has 148 heavy (non-hydrogen) atoms. The zero-order chi connectivity index (χ0) is 107. The Bertz CT molecular complexity index is 4270. The van der Waals surface area contributed by atoms with E-state index in [9.17, 15) is 0 Å². The summed E-state index contributed by atoms with van der Waals surface area (Å²) in [5.41, 5.74) is 6.47. The number of aryl methyl sites for hydroxylation is 2. The Morgan fingerprint density at radius 1 is 0.297 bits per heavy atom. The molecule has 8 nitrogen and oxygen atoms in total. The number of hydrogen-bond acceptors (Lipinski definition) is 13. The van der Waals surface area contributed by atoms with E-state index in [0.29, 0.717) is 0 Å². The third-order valence-corrected chi connectivity index (χ3v) is 141. The Labute approximate surface area is 981 Å². The van der Waals surface area contributed by atoms with Gasteiger partial charge in [-0.3, -0.25) is 0 Å². The number of fused-ring (bicyclic) bond motifs is 2. The molecule has 0 saturated heterocycles. The fourth-order valence-corrected chi connectivity index (χ4v) is 169. The fourth-order valence-electron chi connectivity index (χ4n) is 20.4. The molecule has 0 bridgehead atoms. The molecule has 2 aromatic carbocycles. The van der Waals surface area contributed by atoms with Crippen LogP contribution in [0, 0.1) is 13.8 Å². The van der Waals surface area contributed by atoms with E-state index in [0.717, 1.165) is 87.5 Å². The molecule has 5 aromatic heterocycles. The number of nitrogens with zero attached hydrogens (tertiary/aromatic N) is 4. The van der Waals surface area contributed by atoms with Crippen LogP contribution < -0.4 is 20.0 Å². The standard InChI is InChI=1S/C48H78N2O2S3.C40H68O2S2.C6H2Br2N2S.6C4H9.H14P12.2Sn/c1-5-7-9-11-13-15-17-19-21-23-25-27-29-31-35-51-43-37-41(4)53-48(43)42-38-55(45-34-33-40(3)46-47(45)50-54-49-46)39-44(42)52-36-32-30-28-26-24-22-20-18-16-14-12-10-8-6-2;1-3-5-7-9-11-13-15-17-19-21-23-25-27-29-33-41-37-31-35-43-39(37)40-38(32-36-44-40)42-34-30-28-26-24-22-20-18-16-14-12-10-8-6-4-2;7-3-1-2-4(8)6-5(3)9-11-10-6;6*1-3-4-2;1-8(2)11(7)12(9(3)4)10(5)6;;/h33-34,37,39H,5-32,35-36,38H2,1-4H3;31-32H,3-30,33-34H2,1-2H3;1-2H;6*1,3-4H2,2H3;1-7H2;;. The molecule has 850 valence electrons. The SMILES string of the molecule is Brc1ccc(Br)c2nsnc12.CCCCCCCCCCCCCCCCOC1=C(c2sc(C)cc2OCCCCCCCCCCCCCCCC)CS(c2ccc(C)c3nsnc23)=C1.CCCCCCCCCCCCCCCCOc1c[c]([Sn]([CH2]CCC)([CH2]CCC)[CH2]CCC)sc1-c1s[c]([Sn]([CH2]CCC)([CH2]CCC)[CH2]CCC)cc1OCCCCCCCCCCCCCCCC.PP(P)P(P)P(P(P)P)P(P)P. The number of unbranched alkanes of at least 4 members (excludes halogenated alkanes) is 58. The molecule has 0 aliphatic carbocycles. The van der Waals surface area contributed by atoms with Gasteiger partial charge in [0, 0.05) is 35.4 Å². The minimum Gasteiger partial charge on any atom is -0.102 e. The predicted octanol–water partition coefficient (Wildman–Crippen LogP) is 49.7. The molecule has 6 heterocycles. The van der Waals surface area contributed by atoms with E-state index in [4.69, 9.17) is 23.3 Å². The van der Waals surface area contributed by atoms with Crippen LogP contribution in [-0.4, -0.2) is 91.8 Å². The minimum atomic E-state index is -2.72. The first-order valence-corrected chi connectivity index (χ1v) is 103. The second kappa shape index (κ2) is 93.2. The summed E-state index contributed by atoms with van der Waals surface area (Å²) in [7, 11) is 20.9. The first kappa shape index (κ1) is 142. The van der Waals surface area contributed by atoms with Crippen LogP contribution in [0.1, 0.15) is 521 Å². The molecule has 9 unspecified atom stereocenters. The quantitative estimate of drug-likeness (QED) is 0.0161. The molecular formula is C118H216Br2N4O4P12S6Sn2. The fraction of sp³-hybridized carbons (Fsp3) is 0.771. The topological polar surface area (TPSA) is 88.5 Å². The zero-order valence-corrected chi connectivity index (χ0v) is 122. The minimum absolute atomic E-state index is 0.103. The zero-order valence-electron chi connectivity index (χ0n) is 95.9. The van der Waals surface area contributed by atoms with Gasteiger partial charge in [-0.1, -0.05) is 291 Å². The van der Waals surface area contributed by atoms with E-state index in [2.05, 4.69) is 249 Å². The van der Waals surface area contributed by atoms with Gasteiger partial charge in [0.2, 0.25) is 0 Å². The van der Waals surface area contributed by atoms with Crippen LogP contribution >= 0.6 is 197 Å². The Morgan fingerprint density at radius 2 is 0.561 bits per heavy atom. The van der Waals surface area contributed by atoms with Crippen molar-refractivity contribution in [3.63, 3.8) is 0 Å². The van der Waals surface area contributed by atoms with Gasteiger partial charge in [-0.25, -0.2) is 0 Å². The molecular weight excluding hydrogens is 2500 g/mol. The number of thiophene rings is 3. The van der Waals surface area contributed by atoms with Gasteiger partial charge in [-0.15, -0.1) is 84.3 Å². The molecule has 0 N–H and O–H groups in total. The number of benzene rings is 2. The second-order valence-electron chi connectivity index (χ2n) is 42.7. The Hall–Kier alpha value is 4.06. The molecule has 0 radical (unpaired) electrons. The smallest absolute Gasteiger partial charge is 0.102 e. The van der Waals surface area contributed by atoms with Gasteiger partial charge in [0.05, 0.1) is 41.5 Å². The average molecular weight is 2720 g/mol. The third-order valence-electron chi connectivity index (χ3n) is 29.7. The van der Waals surface area contributed by atoms with Crippen molar-refractivity contribution in [2.75, 3.05) is 32.2 Å². The van der Waals surface area contributed by atoms with E-state index < -0.39 is 36.8 Å². The van der Waals surface area contributed by atoms with Gasteiger partial charge in [-0.05, 0) is 123 Å². The first-order chi connectivity index (χ1) is 72.2. The van der Waals surface area contributed by atoms with Crippen LogP contribution in [0.4, 0.5) is 0 Å². The van der Waals surface area contributed by atoms with Crippen LogP contribution in [0.15, 0.2) is 62.1 Å². The summed E-state index contributed by atoms with van der Waals surface area (Å²) in [4.78, 5) is 6.81. The number of hydrogen-bond donors (Lipinski definition) is 0. The average Bonchev–Trinajstić information content (AvgIpc) is 1.61. The molecule has 0 fully saturated rings. The number of halogens is 2. The van der Waals surface area contributed by atoms with Gasteiger partial charge < -0.3 is 9.47 Å². The van der Waals surface area contributed by atoms with Gasteiger partial charge in [0.15, 0.2) is 0 Å². The molecule has 0 saturated carbocycles. The van der Waals surface area contributed by atoms with E-state index >= 15 is 0 Å². The Kier molecular flexibility index (Phi) is 89.7. The molecule has 1 aliphatic rings. The van der Waals surface area contributed by atoms with E-state index in [1.807, 2.05) is 29.3 Å². The van der Waals surface area contributed by atoms with Crippen molar-refractivity contribution in [1.29, 1.82) is 0 Å². The molecule has 7 aromatic rings. The molecule has 0 spiro atoms. The van der Waals surface area contributed by atoms with Crippen molar-refractivity contribution >= 4 is 273 Å². The van der Waals surface area contributed by atoms with Crippen molar-refractivity contribution in [2.45, 2.75) is 551 Å². The Balaban J connectivity index is 0.000000431. The summed E-state index contributed by atoms with van der Waals surface area (Å²) >= 11 is 10.2. The first-order valence-electron chi connectivity index (χ1n) is 60.4. The molecule has 8 rings (SSSR count). The number of aromatic nitrogens is 4. The number of ether oxygens (including phenoxy) is 4.